The van der Waals surface area contributed by atoms with E-state index in [1.165, 1.54) is 9.80 Å². The molecular formula is C41H41N7O4. The van der Waals surface area contributed by atoms with Crippen LogP contribution in [0.3, 0.4) is 0 Å². The van der Waals surface area contributed by atoms with Gasteiger partial charge >= 0.3 is 12.1 Å². The van der Waals surface area contributed by atoms with Crippen LogP contribution in [0, 0.1) is 34.0 Å². The topological polar surface area (TPSA) is 153 Å². The summed E-state index contributed by atoms with van der Waals surface area (Å²) in [6.45, 7) is 0.824. The first-order valence-electron chi connectivity index (χ1n) is 17.9. The van der Waals surface area contributed by atoms with E-state index in [0.29, 0.717) is 36.1 Å². The molecule has 0 bridgehead atoms. The van der Waals surface area contributed by atoms with Crippen LogP contribution in [0.1, 0.15) is 97.6 Å². The maximum absolute atomic E-state index is 13.5. The maximum Gasteiger partial charge on any atom is 0.328 e. The van der Waals surface area contributed by atoms with Crippen molar-refractivity contribution in [2.45, 2.75) is 94.9 Å². The zero-order valence-electron chi connectivity index (χ0n) is 29.4. The third-order valence-corrected chi connectivity index (χ3v) is 11.1. The molecule has 0 aromatic heterocycles. The number of hydrogen-bond acceptors (Lipinski definition) is 7. The van der Waals surface area contributed by atoms with Crippen LogP contribution in [0.25, 0.3) is 0 Å². The molecule has 2 saturated carbocycles. The van der Waals surface area contributed by atoms with Crippen molar-refractivity contribution in [2.24, 2.45) is 0 Å². The SMILES string of the molecule is CN1C(=O)N(Cc2ccc(C#N)cc2)C(=O)C12CCCCC2.N#Cc1ccc(CN2C(=O)N(Cc3ccc(C#N)cc3)C3(CCCCC3)C2=O)cc1. The predicted molar refractivity (Wildman–Crippen MR) is 190 cm³/mol. The number of rotatable bonds is 6. The third-order valence-electron chi connectivity index (χ3n) is 11.1. The molecule has 2 aliphatic carbocycles. The highest BCUT2D eigenvalue weighted by atomic mass is 16.2. The summed E-state index contributed by atoms with van der Waals surface area (Å²) in [7, 11) is 1.74. The monoisotopic (exact) mass is 695 g/mol. The Labute approximate surface area is 304 Å². The van der Waals surface area contributed by atoms with Gasteiger partial charge in [0.1, 0.15) is 11.1 Å². The van der Waals surface area contributed by atoms with E-state index in [1.807, 2.05) is 12.1 Å². The lowest BCUT2D eigenvalue weighted by atomic mass is 9.80. The average Bonchev–Trinajstić information content (AvgIpc) is 3.47. The molecule has 264 valence electrons. The van der Waals surface area contributed by atoms with Gasteiger partial charge in [0.15, 0.2) is 0 Å². The molecule has 4 aliphatic rings. The van der Waals surface area contributed by atoms with E-state index in [-0.39, 0.29) is 37.0 Å². The van der Waals surface area contributed by atoms with E-state index in [2.05, 4.69) is 18.2 Å². The van der Waals surface area contributed by atoms with Crippen LogP contribution in [0.5, 0.6) is 0 Å². The number of imide groups is 2. The molecule has 0 unspecified atom stereocenters. The van der Waals surface area contributed by atoms with Crippen LogP contribution >= 0.6 is 0 Å². The van der Waals surface area contributed by atoms with E-state index in [4.69, 9.17) is 15.8 Å². The molecule has 2 aliphatic heterocycles. The first-order valence-corrected chi connectivity index (χ1v) is 17.9. The summed E-state index contributed by atoms with van der Waals surface area (Å²) < 4.78 is 0. The van der Waals surface area contributed by atoms with Crippen molar-refractivity contribution in [1.29, 1.82) is 15.8 Å². The Hall–Kier alpha value is -5.99. The molecule has 7 rings (SSSR count). The molecule has 0 N–H and O–H groups in total. The molecule has 11 heteroatoms. The predicted octanol–water partition coefficient (Wildman–Crippen LogP) is 6.75. The number of carbonyl (C=O) groups excluding carboxylic acids is 4. The van der Waals surface area contributed by atoms with Gasteiger partial charge in [0.05, 0.1) is 48.0 Å². The lowest BCUT2D eigenvalue weighted by molar-refractivity contribution is -0.135. The van der Waals surface area contributed by atoms with Gasteiger partial charge < -0.3 is 9.80 Å². The van der Waals surface area contributed by atoms with Crippen molar-refractivity contribution in [3.8, 4) is 18.2 Å². The summed E-state index contributed by atoms with van der Waals surface area (Å²) in [6, 6.07) is 26.9. The molecule has 3 aromatic carbocycles. The minimum Gasteiger partial charge on any atom is -0.313 e. The van der Waals surface area contributed by atoms with Crippen molar-refractivity contribution in [1.82, 2.24) is 19.6 Å². The standard InChI is InChI=1S/C24H22N4O2.C17H19N3O2/c25-14-18-4-8-20(9-5-18)16-27-22(29)24(12-2-1-3-13-24)28(23(27)30)17-21-10-6-19(15-26)7-11-21;1-19-16(22)20(12-14-7-5-13(11-18)6-8-14)15(21)17(19)9-3-2-4-10-17/h4-11H,1-3,12-13,16-17H2;5-8H,2-4,9-10,12H2,1H3. The summed E-state index contributed by atoms with van der Waals surface area (Å²) in [5, 5.41) is 26.8. The van der Waals surface area contributed by atoms with Gasteiger partial charge in [0.2, 0.25) is 0 Å². The van der Waals surface area contributed by atoms with Gasteiger partial charge in [0.25, 0.3) is 11.8 Å². The minimum atomic E-state index is -0.782. The second-order valence-corrected chi connectivity index (χ2v) is 14.1. The summed E-state index contributed by atoms with van der Waals surface area (Å²) in [4.78, 5) is 58.3. The normalized spacial score (nSPS) is 19.0. The molecular weight excluding hydrogens is 654 g/mol. The van der Waals surface area contributed by atoms with Crippen molar-refractivity contribution in [3.63, 3.8) is 0 Å². The molecule has 52 heavy (non-hydrogen) atoms. The van der Waals surface area contributed by atoms with E-state index in [0.717, 1.165) is 68.1 Å². The van der Waals surface area contributed by atoms with Crippen LogP contribution in [-0.4, -0.2) is 61.6 Å². The van der Waals surface area contributed by atoms with E-state index < -0.39 is 11.1 Å². The summed E-state index contributed by atoms with van der Waals surface area (Å²) >= 11 is 0. The number of nitriles is 3. The quantitative estimate of drug-likeness (QED) is 0.259. The number of amides is 6. The van der Waals surface area contributed by atoms with E-state index >= 15 is 0 Å². The van der Waals surface area contributed by atoms with Gasteiger partial charge in [-0.25, -0.2) is 9.59 Å². The number of benzene rings is 3. The highest BCUT2D eigenvalue weighted by Gasteiger charge is 2.57. The fourth-order valence-corrected chi connectivity index (χ4v) is 8.03. The Balaban J connectivity index is 0.000000187. The van der Waals surface area contributed by atoms with Gasteiger partial charge in [-0.3, -0.25) is 19.4 Å². The number of carbonyl (C=O) groups is 4. The number of hydrogen-bond donors (Lipinski definition) is 0. The van der Waals surface area contributed by atoms with Gasteiger partial charge in [-0.2, -0.15) is 15.8 Å². The zero-order valence-corrected chi connectivity index (χ0v) is 29.4. The van der Waals surface area contributed by atoms with Crippen LogP contribution in [0.15, 0.2) is 72.8 Å². The molecule has 11 nitrogen and oxygen atoms in total. The van der Waals surface area contributed by atoms with Gasteiger partial charge in [-0.1, -0.05) is 74.9 Å². The summed E-state index contributed by atoms with van der Waals surface area (Å²) in [5.41, 5.74) is 2.87. The van der Waals surface area contributed by atoms with Crippen molar-refractivity contribution in [3.05, 3.63) is 106 Å². The van der Waals surface area contributed by atoms with Crippen molar-refractivity contribution >= 4 is 23.9 Å². The maximum atomic E-state index is 13.5. The first kappa shape index (κ1) is 35.8. The molecule has 2 spiro atoms. The van der Waals surface area contributed by atoms with E-state index in [1.54, 1.807) is 77.5 Å². The number of likely N-dealkylation sites (N-methyl/N-ethyl adjacent to an activating group) is 1. The van der Waals surface area contributed by atoms with Crippen molar-refractivity contribution in [2.75, 3.05) is 7.05 Å². The summed E-state index contributed by atoms with van der Waals surface area (Å²) in [5.74, 6) is -0.186. The molecule has 3 aromatic rings. The molecule has 2 saturated heterocycles. The second-order valence-electron chi connectivity index (χ2n) is 14.1. The Kier molecular flexibility index (Phi) is 10.4. The molecule has 0 radical (unpaired) electrons. The zero-order chi connectivity index (χ0) is 36.9. The van der Waals surface area contributed by atoms with E-state index in [9.17, 15) is 19.2 Å². The largest absolute Gasteiger partial charge is 0.328 e. The third kappa shape index (κ3) is 6.73. The Morgan fingerprint density at radius 1 is 0.500 bits per heavy atom. The number of nitrogens with zero attached hydrogens (tertiary/aromatic N) is 7. The van der Waals surface area contributed by atoms with Gasteiger partial charge in [-0.15, -0.1) is 0 Å². The smallest absolute Gasteiger partial charge is 0.313 e. The van der Waals surface area contributed by atoms with Crippen molar-refractivity contribution < 1.29 is 19.2 Å². The first-order chi connectivity index (χ1) is 25.2. The lowest BCUT2D eigenvalue weighted by Gasteiger charge is -2.38. The highest BCUT2D eigenvalue weighted by molar-refractivity contribution is 6.07. The Morgan fingerprint density at radius 2 is 0.846 bits per heavy atom. The fraction of sp³-hybridized carbons (Fsp3) is 0.390. The molecule has 4 fully saturated rings. The lowest BCUT2D eigenvalue weighted by Crippen LogP contribution is -2.50. The van der Waals surface area contributed by atoms with Gasteiger partial charge in [0, 0.05) is 13.6 Å². The van der Waals surface area contributed by atoms with Gasteiger partial charge in [-0.05, 0) is 78.8 Å². The molecule has 2 heterocycles. The second kappa shape index (κ2) is 15.1. The van der Waals surface area contributed by atoms with Crippen LogP contribution in [0.4, 0.5) is 9.59 Å². The molecule has 6 amide bonds. The van der Waals surface area contributed by atoms with Crippen LogP contribution < -0.4 is 0 Å². The highest BCUT2D eigenvalue weighted by Crippen LogP contribution is 2.42. The summed E-state index contributed by atoms with van der Waals surface area (Å²) in [6.07, 6.45) is 8.92. The average molecular weight is 696 g/mol. The Bertz CT molecular complexity index is 1960. The molecule has 0 atom stereocenters. The van der Waals surface area contributed by atoms with Crippen LogP contribution in [-0.2, 0) is 29.2 Å². The number of urea groups is 2. The minimum absolute atomic E-state index is 0.0657. The fourth-order valence-electron chi connectivity index (χ4n) is 8.03. The van der Waals surface area contributed by atoms with Crippen LogP contribution in [0.2, 0.25) is 0 Å². The Morgan fingerprint density at radius 3 is 1.25 bits per heavy atom.